The molecule has 11 heteroatoms. The number of nitrogens with one attached hydrogen (secondary N) is 2. The summed E-state index contributed by atoms with van der Waals surface area (Å²) < 4.78 is 27.5. The van der Waals surface area contributed by atoms with Crippen LogP contribution in [0.1, 0.15) is 103 Å². The second-order valence-corrected chi connectivity index (χ2v) is 20.3. The molecular weight excluding hydrogens is 737 g/mol. The minimum atomic E-state index is -1.75. The average molecular weight is 801 g/mol. The van der Waals surface area contributed by atoms with E-state index in [2.05, 4.69) is 44.5 Å². The van der Waals surface area contributed by atoms with Crippen LogP contribution in [0, 0.1) is 0 Å². The normalized spacial score (nSPS) is 12.4. The molecule has 57 heavy (non-hydrogen) atoms. The van der Waals surface area contributed by atoms with Gasteiger partial charge in [0.1, 0.15) is 0 Å². The van der Waals surface area contributed by atoms with E-state index in [-0.39, 0.29) is 35.5 Å². The third-order valence-electron chi connectivity index (χ3n) is 10.5. The molecule has 0 aliphatic carbocycles. The zero-order valence-corrected chi connectivity index (χ0v) is 36.8. The molecule has 0 fully saturated rings. The third-order valence-corrected chi connectivity index (χ3v) is 15.0. The Kier molecular flexibility index (Phi) is 18.1. The largest absolute Gasteiger partial charge is 0.493 e. The summed E-state index contributed by atoms with van der Waals surface area (Å²) in [5, 5.41) is 15.4. The number of aryl methyl sites for hydroxylation is 2. The van der Waals surface area contributed by atoms with E-state index in [4.69, 9.17) is 28.5 Å². The van der Waals surface area contributed by atoms with Gasteiger partial charge in [-0.1, -0.05) is 69.3 Å². The fourth-order valence-electron chi connectivity index (χ4n) is 5.96. The minimum Gasteiger partial charge on any atom is -0.493 e. The molecule has 4 aromatic carbocycles. The maximum Gasteiger partial charge on any atom is 0.252 e. The lowest BCUT2D eigenvalue weighted by molar-refractivity contribution is 0.0930. The van der Waals surface area contributed by atoms with Crippen LogP contribution in [0.3, 0.4) is 0 Å². The lowest BCUT2D eigenvalue weighted by atomic mass is 10.0. The van der Waals surface area contributed by atoms with Gasteiger partial charge in [0.05, 0.1) is 40.5 Å². The number of hydrogen-bond donors (Lipinski definition) is 3. The van der Waals surface area contributed by atoms with Gasteiger partial charge in [-0.3, -0.25) is 9.59 Å². The maximum atomic E-state index is 13.1. The molecule has 0 bridgehead atoms. The number of carbonyl (C=O) groups excluding carboxylic acids is 2. The van der Waals surface area contributed by atoms with Crippen LogP contribution >= 0.6 is 0 Å². The number of ether oxygens (including phenoxy) is 4. The molecule has 0 spiro atoms. The standard InChI is InChI=1S/C26H39NO4Si.C20H25NO4/c1-19(21-15-16-23(29-5)24(18-21)30-6)27-25(28)22-14-10-9-12-20(22)13-11-17-31-32(7,8)26(2,3)4;1-14(16-10-11-18(24-2)19(13-16)25-3)21-20(23)17-9-5-4-7-15(17)8-6-12-22/h9-10,12,14-16,18-19H,11,13,17H2,1-8H3,(H,27,28);4-5,7,9-11,13-14,22H,6,8,12H2,1-3H3,(H,21,23)/t19-;14-/m11/s1. The van der Waals surface area contributed by atoms with Crippen LogP contribution < -0.4 is 29.6 Å². The van der Waals surface area contributed by atoms with Gasteiger partial charge >= 0.3 is 0 Å². The number of aliphatic hydroxyl groups excluding tert-OH is 1. The molecule has 2 atom stereocenters. The highest BCUT2D eigenvalue weighted by molar-refractivity contribution is 6.74. The van der Waals surface area contributed by atoms with Crippen molar-refractivity contribution in [3.8, 4) is 23.0 Å². The van der Waals surface area contributed by atoms with Crippen molar-refractivity contribution >= 4 is 20.1 Å². The number of hydrogen-bond acceptors (Lipinski definition) is 8. The number of methoxy groups -OCH3 is 4. The van der Waals surface area contributed by atoms with Gasteiger partial charge in [-0.2, -0.15) is 0 Å². The summed E-state index contributed by atoms with van der Waals surface area (Å²) in [4.78, 5) is 25.7. The molecule has 0 aliphatic rings. The molecule has 0 saturated heterocycles. The summed E-state index contributed by atoms with van der Waals surface area (Å²) in [5.74, 6) is 2.39. The molecule has 10 nitrogen and oxygen atoms in total. The molecule has 310 valence electrons. The maximum absolute atomic E-state index is 13.1. The van der Waals surface area contributed by atoms with Crippen molar-refractivity contribution in [1.29, 1.82) is 0 Å². The van der Waals surface area contributed by atoms with Crippen molar-refractivity contribution in [2.24, 2.45) is 0 Å². The number of rotatable bonds is 18. The first-order valence-corrected chi connectivity index (χ1v) is 22.5. The Morgan fingerprint density at radius 2 is 1.04 bits per heavy atom. The Morgan fingerprint density at radius 3 is 1.42 bits per heavy atom. The fourth-order valence-corrected chi connectivity index (χ4v) is 7.04. The molecule has 3 N–H and O–H groups in total. The van der Waals surface area contributed by atoms with Gasteiger partial charge in [-0.25, -0.2) is 0 Å². The molecule has 4 rings (SSSR count). The fraction of sp³-hybridized carbons (Fsp3) is 0.435. The molecular formula is C46H64N2O8Si. The summed E-state index contributed by atoms with van der Waals surface area (Å²) >= 11 is 0. The Hall–Kier alpha value is -4.84. The van der Waals surface area contributed by atoms with E-state index in [0.29, 0.717) is 53.6 Å². The Morgan fingerprint density at radius 1 is 0.632 bits per heavy atom. The van der Waals surface area contributed by atoms with Crippen LogP contribution in [0.4, 0.5) is 0 Å². The number of aliphatic hydroxyl groups is 1. The minimum absolute atomic E-state index is 0.0757. The van der Waals surface area contributed by atoms with E-state index in [0.717, 1.165) is 35.1 Å². The summed E-state index contributed by atoms with van der Waals surface area (Å²) in [6.45, 7) is 16.0. The van der Waals surface area contributed by atoms with Crippen molar-refractivity contribution in [2.45, 2.75) is 90.5 Å². The van der Waals surface area contributed by atoms with Crippen LogP contribution in [0.15, 0.2) is 84.9 Å². The summed E-state index contributed by atoms with van der Waals surface area (Å²) in [7, 11) is 4.64. The van der Waals surface area contributed by atoms with Crippen LogP contribution in [-0.2, 0) is 17.3 Å². The lowest BCUT2D eigenvalue weighted by Crippen LogP contribution is -2.41. The third kappa shape index (κ3) is 13.4. The summed E-state index contributed by atoms with van der Waals surface area (Å²) in [6, 6.07) is 26.2. The number of amides is 2. The van der Waals surface area contributed by atoms with E-state index in [1.807, 2.05) is 98.8 Å². The van der Waals surface area contributed by atoms with Crippen LogP contribution in [-0.4, -0.2) is 66.9 Å². The number of carbonyl (C=O) groups is 2. The molecule has 0 radical (unpaired) electrons. The van der Waals surface area contributed by atoms with Crippen molar-refractivity contribution < 1.29 is 38.1 Å². The smallest absolute Gasteiger partial charge is 0.252 e. The molecule has 0 saturated carbocycles. The Bertz CT molecular complexity index is 1890. The van der Waals surface area contributed by atoms with Crippen molar-refractivity contribution in [3.05, 3.63) is 118 Å². The molecule has 0 heterocycles. The van der Waals surface area contributed by atoms with E-state index < -0.39 is 8.32 Å². The van der Waals surface area contributed by atoms with Crippen LogP contribution in [0.5, 0.6) is 23.0 Å². The second-order valence-electron chi connectivity index (χ2n) is 15.5. The van der Waals surface area contributed by atoms with Gasteiger partial charge in [0.25, 0.3) is 11.8 Å². The Labute approximate surface area is 341 Å². The highest BCUT2D eigenvalue weighted by atomic mass is 28.4. The second kappa shape index (κ2) is 22.2. The number of benzene rings is 4. The zero-order chi connectivity index (χ0) is 42.2. The predicted octanol–water partition coefficient (Wildman–Crippen LogP) is 9.27. The van der Waals surface area contributed by atoms with Crippen molar-refractivity contribution in [2.75, 3.05) is 41.7 Å². The predicted molar refractivity (Wildman–Crippen MR) is 231 cm³/mol. The lowest BCUT2D eigenvalue weighted by Gasteiger charge is -2.36. The van der Waals surface area contributed by atoms with Gasteiger partial charge in [0.2, 0.25) is 0 Å². The van der Waals surface area contributed by atoms with Gasteiger partial charge in [0.15, 0.2) is 31.3 Å². The first-order chi connectivity index (χ1) is 27.1. The van der Waals surface area contributed by atoms with Crippen molar-refractivity contribution in [3.63, 3.8) is 0 Å². The molecule has 0 aromatic heterocycles. The SMILES string of the molecule is COc1ccc([C@@H](C)NC(=O)c2ccccc2CCCO)cc1OC.COc1ccc([C@@H](C)NC(=O)c2ccccc2CCCO[Si](C)(C)C(C)(C)C)cc1OC. The van der Waals surface area contributed by atoms with E-state index in [9.17, 15) is 9.59 Å². The molecule has 0 unspecified atom stereocenters. The van der Waals surface area contributed by atoms with Gasteiger partial charge in [0, 0.05) is 24.3 Å². The van der Waals surface area contributed by atoms with Crippen molar-refractivity contribution in [1.82, 2.24) is 10.6 Å². The molecule has 0 aliphatic heterocycles. The average Bonchev–Trinajstić information content (AvgIpc) is 3.20. The zero-order valence-electron chi connectivity index (χ0n) is 35.8. The van der Waals surface area contributed by atoms with Crippen LogP contribution in [0.2, 0.25) is 18.1 Å². The highest BCUT2D eigenvalue weighted by Gasteiger charge is 2.36. The summed E-state index contributed by atoms with van der Waals surface area (Å²) in [6.07, 6.45) is 3.01. The van der Waals surface area contributed by atoms with Gasteiger partial charge in [-0.05, 0) is 116 Å². The molecule has 4 aromatic rings. The van der Waals surface area contributed by atoms with Crippen LogP contribution in [0.25, 0.3) is 0 Å². The van der Waals surface area contributed by atoms with Gasteiger partial charge < -0.3 is 39.1 Å². The molecule has 2 amide bonds. The van der Waals surface area contributed by atoms with E-state index in [1.54, 1.807) is 28.4 Å². The quantitative estimate of drug-likeness (QED) is 0.0672. The topological polar surface area (TPSA) is 125 Å². The summed E-state index contributed by atoms with van der Waals surface area (Å²) in [5.41, 5.74) is 5.22. The van der Waals surface area contributed by atoms with Gasteiger partial charge in [-0.15, -0.1) is 0 Å². The Balaban J connectivity index is 0.000000315. The monoisotopic (exact) mass is 800 g/mol. The first-order valence-electron chi connectivity index (χ1n) is 19.6. The highest BCUT2D eigenvalue weighted by Crippen LogP contribution is 2.37. The van der Waals surface area contributed by atoms with E-state index >= 15 is 0 Å². The first kappa shape index (κ1) is 46.5. The van der Waals surface area contributed by atoms with E-state index in [1.165, 1.54) is 0 Å².